The van der Waals surface area contributed by atoms with Crippen molar-refractivity contribution in [3.63, 3.8) is 0 Å². The molecular weight excluding hydrogens is 168 g/mol. The Morgan fingerprint density at radius 3 is 2.23 bits per heavy atom. The number of nitrogens with one attached hydrogen (secondary N) is 1. The highest BCUT2D eigenvalue weighted by molar-refractivity contribution is 4.51. The van der Waals surface area contributed by atoms with E-state index in [1.807, 2.05) is 13.8 Å². The van der Waals surface area contributed by atoms with Crippen LogP contribution in [0.15, 0.2) is 0 Å². The van der Waals surface area contributed by atoms with Crippen LogP contribution in [0.2, 0.25) is 0 Å². The third kappa shape index (κ3) is 8.18. The summed E-state index contributed by atoms with van der Waals surface area (Å²) in [5.74, 6) is 0. The van der Waals surface area contributed by atoms with Crippen LogP contribution in [0.3, 0.4) is 0 Å². The Bertz CT molecular complexity index is 95.6. The van der Waals surface area contributed by atoms with Crippen LogP contribution in [0.5, 0.6) is 0 Å². The van der Waals surface area contributed by atoms with E-state index >= 15 is 0 Å². The molecule has 0 atom stereocenters. The third-order valence-electron chi connectivity index (χ3n) is 1.58. The van der Waals surface area contributed by atoms with Crippen molar-refractivity contribution < 1.29 is 9.47 Å². The second-order valence-electron chi connectivity index (χ2n) is 2.67. The molecule has 0 saturated heterocycles. The first kappa shape index (κ1) is 12.8. The van der Waals surface area contributed by atoms with E-state index in [2.05, 4.69) is 5.32 Å². The average molecular weight is 190 g/mol. The summed E-state index contributed by atoms with van der Waals surface area (Å²) in [4.78, 5) is 0. The van der Waals surface area contributed by atoms with Gasteiger partial charge in [-0.1, -0.05) is 0 Å². The number of nitrogens with two attached hydrogens (primary N) is 1. The van der Waals surface area contributed by atoms with Crippen molar-refractivity contribution in [2.45, 2.75) is 26.6 Å². The van der Waals surface area contributed by atoms with Crippen molar-refractivity contribution >= 4 is 0 Å². The Kier molecular flexibility index (Phi) is 9.80. The maximum Gasteiger partial charge on any atom is 0.158 e. The van der Waals surface area contributed by atoms with Gasteiger partial charge in [0.1, 0.15) is 0 Å². The first-order valence-corrected chi connectivity index (χ1v) is 4.99. The molecule has 0 radical (unpaired) electrons. The van der Waals surface area contributed by atoms with Crippen LogP contribution >= 0.6 is 0 Å². The molecule has 0 aromatic rings. The summed E-state index contributed by atoms with van der Waals surface area (Å²) in [6.07, 6.45) is 0.807. The summed E-state index contributed by atoms with van der Waals surface area (Å²) in [6.45, 7) is 7.75. The van der Waals surface area contributed by atoms with Crippen molar-refractivity contribution in [3.8, 4) is 0 Å². The lowest BCUT2D eigenvalue weighted by molar-refractivity contribution is -0.138. The van der Waals surface area contributed by atoms with Gasteiger partial charge < -0.3 is 20.5 Å². The van der Waals surface area contributed by atoms with Crippen molar-refractivity contribution in [3.05, 3.63) is 0 Å². The maximum absolute atomic E-state index is 5.37. The van der Waals surface area contributed by atoms with Gasteiger partial charge in [0, 0.05) is 39.3 Å². The molecule has 4 nitrogen and oxygen atoms in total. The van der Waals surface area contributed by atoms with Gasteiger partial charge in [0.2, 0.25) is 0 Å². The van der Waals surface area contributed by atoms with Gasteiger partial charge in [-0.15, -0.1) is 0 Å². The Hall–Kier alpha value is -0.160. The normalized spacial score (nSPS) is 11.1. The van der Waals surface area contributed by atoms with Crippen LogP contribution in [-0.2, 0) is 9.47 Å². The molecule has 0 fully saturated rings. The highest BCUT2D eigenvalue weighted by atomic mass is 16.7. The molecule has 0 bridgehead atoms. The molecule has 4 heteroatoms. The molecule has 0 unspecified atom stereocenters. The largest absolute Gasteiger partial charge is 0.353 e. The standard InChI is InChI=1S/C9H22N2O2/c1-3-12-9(13-4-2)5-7-11-8-6-10/h9,11H,3-8,10H2,1-2H3. The number of ether oxygens (including phenoxy) is 2. The molecule has 3 N–H and O–H groups in total. The first-order chi connectivity index (χ1) is 6.35. The van der Waals surface area contributed by atoms with E-state index in [1.165, 1.54) is 0 Å². The molecule has 13 heavy (non-hydrogen) atoms. The van der Waals surface area contributed by atoms with Gasteiger partial charge in [-0.05, 0) is 13.8 Å². The fourth-order valence-corrected chi connectivity index (χ4v) is 1.03. The van der Waals surface area contributed by atoms with E-state index in [9.17, 15) is 0 Å². The topological polar surface area (TPSA) is 56.5 Å². The van der Waals surface area contributed by atoms with Crippen molar-refractivity contribution in [1.82, 2.24) is 5.32 Å². The van der Waals surface area contributed by atoms with Crippen LogP contribution in [-0.4, -0.2) is 39.1 Å². The average Bonchev–Trinajstić information content (AvgIpc) is 2.13. The van der Waals surface area contributed by atoms with Gasteiger partial charge in [0.25, 0.3) is 0 Å². The number of hydrogen-bond donors (Lipinski definition) is 2. The SMILES string of the molecule is CCOC(CCNCCN)OCC. The lowest BCUT2D eigenvalue weighted by Gasteiger charge is -2.16. The smallest absolute Gasteiger partial charge is 0.158 e. The van der Waals surface area contributed by atoms with Gasteiger partial charge in [-0.3, -0.25) is 0 Å². The molecule has 0 aliphatic heterocycles. The third-order valence-corrected chi connectivity index (χ3v) is 1.58. The number of rotatable bonds is 9. The second-order valence-corrected chi connectivity index (χ2v) is 2.67. The summed E-state index contributed by atoms with van der Waals surface area (Å²) in [7, 11) is 0. The van der Waals surface area contributed by atoms with Gasteiger partial charge in [-0.2, -0.15) is 0 Å². The van der Waals surface area contributed by atoms with E-state index in [-0.39, 0.29) is 6.29 Å². The van der Waals surface area contributed by atoms with Gasteiger partial charge in [0.05, 0.1) is 0 Å². The lowest BCUT2D eigenvalue weighted by Crippen LogP contribution is -2.28. The summed E-state index contributed by atoms with van der Waals surface area (Å²) in [5, 5.41) is 3.20. The molecule has 0 aliphatic carbocycles. The van der Waals surface area contributed by atoms with Gasteiger partial charge in [0.15, 0.2) is 6.29 Å². The quantitative estimate of drug-likeness (QED) is 0.406. The summed E-state index contributed by atoms with van der Waals surface area (Å²) in [6, 6.07) is 0. The Balaban J connectivity index is 3.33. The predicted octanol–water partition coefficient (Wildman–Crippen LogP) is 0.324. The van der Waals surface area contributed by atoms with Crippen LogP contribution in [0, 0.1) is 0 Å². The Morgan fingerprint density at radius 2 is 1.77 bits per heavy atom. The molecular formula is C9H22N2O2. The molecule has 80 valence electrons. The molecule has 0 heterocycles. The van der Waals surface area contributed by atoms with Crippen molar-refractivity contribution in [1.29, 1.82) is 0 Å². The second kappa shape index (κ2) is 9.92. The molecule has 0 saturated carbocycles. The lowest BCUT2D eigenvalue weighted by atomic mass is 10.4. The molecule has 0 rings (SSSR count). The Morgan fingerprint density at radius 1 is 1.15 bits per heavy atom. The first-order valence-electron chi connectivity index (χ1n) is 4.99. The van der Waals surface area contributed by atoms with E-state index in [0.717, 1.165) is 19.5 Å². The van der Waals surface area contributed by atoms with Crippen LogP contribution in [0.25, 0.3) is 0 Å². The predicted molar refractivity (Wildman–Crippen MR) is 53.6 cm³/mol. The molecule has 0 amide bonds. The van der Waals surface area contributed by atoms with Crippen molar-refractivity contribution in [2.75, 3.05) is 32.8 Å². The van der Waals surface area contributed by atoms with Crippen LogP contribution < -0.4 is 11.1 Å². The minimum Gasteiger partial charge on any atom is -0.353 e. The highest BCUT2D eigenvalue weighted by Gasteiger charge is 2.05. The minimum absolute atomic E-state index is 0.0692. The van der Waals surface area contributed by atoms with E-state index in [1.54, 1.807) is 0 Å². The summed E-state index contributed by atoms with van der Waals surface area (Å²) in [5.41, 5.74) is 5.34. The van der Waals surface area contributed by atoms with E-state index in [4.69, 9.17) is 15.2 Å². The molecule has 0 spiro atoms. The van der Waals surface area contributed by atoms with E-state index < -0.39 is 0 Å². The molecule has 0 aromatic heterocycles. The highest BCUT2D eigenvalue weighted by Crippen LogP contribution is 1.99. The maximum atomic E-state index is 5.37. The van der Waals surface area contributed by atoms with Crippen molar-refractivity contribution in [2.24, 2.45) is 5.73 Å². The van der Waals surface area contributed by atoms with Crippen LogP contribution in [0.4, 0.5) is 0 Å². The zero-order valence-electron chi connectivity index (χ0n) is 8.71. The van der Waals surface area contributed by atoms with Gasteiger partial charge >= 0.3 is 0 Å². The summed E-state index contributed by atoms with van der Waals surface area (Å²) >= 11 is 0. The zero-order chi connectivity index (χ0) is 9.94. The van der Waals surface area contributed by atoms with Crippen LogP contribution in [0.1, 0.15) is 20.3 Å². The minimum atomic E-state index is -0.0692. The fourth-order valence-electron chi connectivity index (χ4n) is 1.03. The molecule has 0 aliphatic rings. The van der Waals surface area contributed by atoms with E-state index in [0.29, 0.717) is 19.8 Å². The Labute approximate surface area is 80.8 Å². The fraction of sp³-hybridized carbons (Fsp3) is 1.00. The summed E-state index contributed by atoms with van der Waals surface area (Å²) < 4.78 is 10.7. The monoisotopic (exact) mass is 190 g/mol. The molecule has 0 aromatic carbocycles. The zero-order valence-corrected chi connectivity index (χ0v) is 8.71. The van der Waals surface area contributed by atoms with Gasteiger partial charge in [-0.25, -0.2) is 0 Å². The number of hydrogen-bond acceptors (Lipinski definition) is 4.